The van der Waals surface area contributed by atoms with Gasteiger partial charge in [-0.2, -0.15) is 9.30 Å². The van der Waals surface area contributed by atoms with Crippen LogP contribution < -0.4 is 4.80 Å². The molecule has 1 aliphatic rings. The first-order valence-electron chi connectivity index (χ1n) is 11.1. The SMILES string of the molecule is COC(=O)Cn1c(=NC(=O)C2CCCN(S(=O)(=O)c3ccc(C)cc3)C2)sc2cc(SC)ccc21. The lowest BCUT2D eigenvalue weighted by atomic mass is 9.99. The van der Waals surface area contributed by atoms with E-state index in [1.165, 1.54) is 22.8 Å². The maximum absolute atomic E-state index is 13.2. The second-order valence-electron chi connectivity index (χ2n) is 8.35. The number of methoxy groups -OCH3 is 1. The summed E-state index contributed by atoms with van der Waals surface area (Å²) in [5.41, 5.74) is 1.76. The van der Waals surface area contributed by atoms with Crippen molar-refractivity contribution < 1.29 is 22.7 Å². The molecule has 2 aromatic carbocycles. The van der Waals surface area contributed by atoms with Gasteiger partial charge in [-0.3, -0.25) is 9.59 Å². The molecule has 1 amide bonds. The number of carbonyl (C=O) groups is 2. The fraction of sp³-hybridized carbons (Fsp3) is 0.375. The Kier molecular flexibility index (Phi) is 7.80. The number of thiazole rings is 1. The van der Waals surface area contributed by atoms with E-state index in [0.29, 0.717) is 24.2 Å². The average Bonchev–Trinajstić information content (AvgIpc) is 3.19. The number of hydrogen-bond acceptors (Lipinski definition) is 7. The van der Waals surface area contributed by atoms with E-state index in [1.807, 2.05) is 31.4 Å². The standard InChI is InChI=1S/C24H27N3O5S3/c1-16-6-9-19(10-7-16)35(30,31)26-12-4-5-17(14-26)23(29)25-24-27(15-22(28)32-2)20-11-8-18(33-3)13-21(20)34-24/h6-11,13,17H,4-5,12,14-15H2,1-3H3. The number of nitrogens with zero attached hydrogens (tertiary/aromatic N) is 3. The van der Waals surface area contributed by atoms with E-state index in [0.717, 1.165) is 20.7 Å². The predicted molar refractivity (Wildman–Crippen MR) is 137 cm³/mol. The molecule has 0 aliphatic carbocycles. The maximum atomic E-state index is 13.2. The van der Waals surface area contributed by atoms with Crippen LogP contribution in [-0.4, -0.2) is 55.6 Å². The summed E-state index contributed by atoms with van der Waals surface area (Å²) in [6.45, 7) is 2.27. The van der Waals surface area contributed by atoms with Gasteiger partial charge >= 0.3 is 5.97 Å². The Bertz CT molecular complexity index is 1420. The van der Waals surface area contributed by atoms with E-state index >= 15 is 0 Å². The molecule has 0 radical (unpaired) electrons. The molecule has 1 aromatic heterocycles. The van der Waals surface area contributed by atoms with Crippen LogP contribution in [0.1, 0.15) is 18.4 Å². The number of piperidine rings is 1. The number of fused-ring (bicyclic) bond motifs is 1. The van der Waals surface area contributed by atoms with Crippen LogP contribution >= 0.6 is 23.1 Å². The number of carbonyl (C=O) groups excluding carboxylic acids is 2. The summed E-state index contributed by atoms with van der Waals surface area (Å²) in [6, 6.07) is 12.6. The number of rotatable bonds is 6. The largest absolute Gasteiger partial charge is 0.468 e. The normalized spacial score (nSPS) is 17.6. The summed E-state index contributed by atoms with van der Waals surface area (Å²) < 4.78 is 35.1. The third kappa shape index (κ3) is 5.53. The first kappa shape index (κ1) is 25.6. The molecule has 0 saturated carbocycles. The minimum absolute atomic E-state index is 0.0696. The van der Waals surface area contributed by atoms with Gasteiger partial charge in [-0.05, 0) is 56.4 Å². The zero-order valence-corrected chi connectivity index (χ0v) is 22.2. The molecule has 186 valence electrons. The van der Waals surface area contributed by atoms with E-state index < -0.39 is 21.9 Å². The molecule has 1 fully saturated rings. The molecular formula is C24H27N3O5S3. The molecule has 1 aliphatic heterocycles. The van der Waals surface area contributed by atoms with Crippen molar-refractivity contribution in [3.63, 3.8) is 0 Å². The number of amides is 1. The summed E-state index contributed by atoms with van der Waals surface area (Å²) in [6.07, 6.45) is 3.11. The van der Waals surface area contributed by atoms with Crippen molar-refractivity contribution in [3.05, 3.63) is 52.8 Å². The van der Waals surface area contributed by atoms with E-state index in [-0.39, 0.29) is 23.9 Å². The second kappa shape index (κ2) is 10.7. The Labute approximate surface area is 212 Å². The van der Waals surface area contributed by atoms with Crippen molar-refractivity contribution in [2.75, 3.05) is 26.5 Å². The van der Waals surface area contributed by atoms with Crippen molar-refractivity contribution >= 4 is 55.2 Å². The van der Waals surface area contributed by atoms with Crippen LogP contribution in [0.15, 0.2) is 57.2 Å². The first-order valence-corrected chi connectivity index (χ1v) is 14.6. The van der Waals surface area contributed by atoms with E-state index in [1.54, 1.807) is 40.6 Å². The summed E-state index contributed by atoms with van der Waals surface area (Å²) in [7, 11) is -2.38. The summed E-state index contributed by atoms with van der Waals surface area (Å²) >= 11 is 2.93. The zero-order valence-electron chi connectivity index (χ0n) is 19.8. The number of aromatic nitrogens is 1. The van der Waals surface area contributed by atoms with Gasteiger partial charge in [-0.25, -0.2) is 8.42 Å². The van der Waals surface area contributed by atoms with Crippen LogP contribution in [-0.2, 0) is 30.9 Å². The quantitative estimate of drug-likeness (QED) is 0.356. The van der Waals surface area contributed by atoms with Gasteiger partial charge in [0.1, 0.15) is 6.54 Å². The molecule has 1 saturated heterocycles. The highest BCUT2D eigenvalue weighted by atomic mass is 32.2. The monoisotopic (exact) mass is 533 g/mol. The molecule has 11 heteroatoms. The van der Waals surface area contributed by atoms with E-state index in [9.17, 15) is 18.0 Å². The molecular weight excluding hydrogens is 506 g/mol. The van der Waals surface area contributed by atoms with Gasteiger partial charge in [-0.15, -0.1) is 11.8 Å². The lowest BCUT2D eigenvalue weighted by molar-refractivity contribution is -0.141. The van der Waals surface area contributed by atoms with E-state index in [4.69, 9.17) is 4.74 Å². The Morgan fingerprint density at radius 3 is 2.63 bits per heavy atom. The number of hydrogen-bond donors (Lipinski definition) is 0. The highest BCUT2D eigenvalue weighted by Gasteiger charge is 2.33. The summed E-state index contributed by atoms with van der Waals surface area (Å²) in [5.74, 6) is -1.38. The van der Waals surface area contributed by atoms with Gasteiger partial charge in [0.05, 0.1) is 28.1 Å². The maximum Gasteiger partial charge on any atom is 0.325 e. The smallest absolute Gasteiger partial charge is 0.325 e. The molecule has 2 heterocycles. The van der Waals surface area contributed by atoms with Gasteiger partial charge in [0.2, 0.25) is 10.0 Å². The first-order chi connectivity index (χ1) is 16.7. The number of thioether (sulfide) groups is 1. The Hall–Kier alpha value is -2.47. The van der Waals surface area contributed by atoms with Crippen molar-refractivity contribution in [2.45, 2.75) is 36.1 Å². The Morgan fingerprint density at radius 2 is 1.94 bits per heavy atom. The molecule has 0 bridgehead atoms. The molecule has 3 aromatic rings. The molecule has 0 N–H and O–H groups in total. The minimum Gasteiger partial charge on any atom is -0.468 e. The van der Waals surface area contributed by atoms with Crippen LogP contribution in [0.25, 0.3) is 10.2 Å². The van der Waals surface area contributed by atoms with Crippen LogP contribution in [0.4, 0.5) is 0 Å². The van der Waals surface area contributed by atoms with Gasteiger partial charge < -0.3 is 9.30 Å². The Balaban J connectivity index is 1.65. The number of aryl methyl sites for hydroxylation is 1. The molecule has 1 atom stereocenters. The molecule has 8 nitrogen and oxygen atoms in total. The molecule has 4 rings (SSSR count). The number of benzene rings is 2. The topological polar surface area (TPSA) is 98.0 Å². The second-order valence-corrected chi connectivity index (χ2v) is 12.2. The summed E-state index contributed by atoms with van der Waals surface area (Å²) in [4.78, 5) is 31.3. The van der Waals surface area contributed by atoms with Gasteiger partial charge in [-0.1, -0.05) is 29.0 Å². The molecule has 1 unspecified atom stereocenters. The average molecular weight is 534 g/mol. The van der Waals surface area contributed by atoms with Crippen molar-refractivity contribution in [1.82, 2.24) is 8.87 Å². The fourth-order valence-corrected chi connectivity index (χ4v) is 7.13. The lowest BCUT2D eigenvalue weighted by Crippen LogP contribution is -2.42. The van der Waals surface area contributed by atoms with Gasteiger partial charge in [0.15, 0.2) is 4.80 Å². The van der Waals surface area contributed by atoms with Crippen LogP contribution in [0.3, 0.4) is 0 Å². The third-order valence-electron chi connectivity index (χ3n) is 6.00. The van der Waals surface area contributed by atoms with Crippen LogP contribution in [0, 0.1) is 12.8 Å². The Morgan fingerprint density at radius 1 is 1.20 bits per heavy atom. The number of ether oxygens (including phenoxy) is 1. The van der Waals surface area contributed by atoms with Gasteiger partial charge in [0.25, 0.3) is 5.91 Å². The number of esters is 1. The highest BCUT2D eigenvalue weighted by Crippen LogP contribution is 2.26. The minimum atomic E-state index is -3.70. The van der Waals surface area contributed by atoms with Crippen molar-refractivity contribution in [1.29, 1.82) is 0 Å². The lowest BCUT2D eigenvalue weighted by Gasteiger charge is -2.30. The van der Waals surface area contributed by atoms with E-state index in [2.05, 4.69) is 4.99 Å². The predicted octanol–water partition coefficient (Wildman–Crippen LogP) is 3.43. The van der Waals surface area contributed by atoms with Crippen molar-refractivity contribution in [2.24, 2.45) is 10.9 Å². The number of sulfonamides is 1. The third-order valence-corrected chi connectivity index (χ3v) is 9.65. The highest BCUT2D eigenvalue weighted by molar-refractivity contribution is 7.98. The van der Waals surface area contributed by atoms with Crippen molar-refractivity contribution in [3.8, 4) is 0 Å². The van der Waals surface area contributed by atoms with Crippen LogP contribution in [0.2, 0.25) is 0 Å². The molecule has 35 heavy (non-hydrogen) atoms. The zero-order chi connectivity index (χ0) is 25.2. The summed E-state index contributed by atoms with van der Waals surface area (Å²) in [5, 5.41) is 0. The van der Waals surface area contributed by atoms with Crippen LogP contribution in [0.5, 0.6) is 0 Å². The van der Waals surface area contributed by atoms with Gasteiger partial charge in [0, 0.05) is 18.0 Å². The fourth-order valence-electron chi connectivity index (χ4n) is 4.02. The molecule has 0 spiro atoms.